The summed E-state index contributed by atoms with van der Waals surface area (Å²) in [6.45, 7) is 7.18. The lowest BCUT2D eigenvalue weighted by molar-refractivity contribution is -0.0151. The molecule has 14 N–H and O–H groups in total. The number of phosphoric ester groups is 13. The lowest BCUT2D eigenvalue weighted by Gasteiger charge is -2.27. The molecule has 55 nitrogen and oxygen atoms in total. The van der Waals surface area contributed by atoms with E-state index in [9.17, 15) is 132 Å². The molecule has 0 aromatic rings. The fourth-order valence-corrected chi connectivity index (χ4v) is 25.1. The van der Waals surface area contributed by atoms with Crippen LogP contribution in [0.15, 0.2) is 0 Å². The second-order valence-corrected chi connectivity index (χ2v) is 49.2. The second-order valence-electron chi connectivity index (χ2n) is 29.0. The zero-order chi connectivity index (χ0) is 102. The molecule has 0 spiro atoms. The normalized spacial score (nSPS) is 20.9. The number of phosphoric acid groups is 13. The van der Waals surface area contributed by atoms with E-state index in [0.29, 0.717) is 12.8 Å². The van der Waals surface area contributed by atoms with Crippen molar-refractivity contribution in [2.24, 2.45) is 11.8 Å². The molecule has 17 unspecified atom stereocenters. The third-order valence-electron chi connectivity index (χ3n) is 17.9. The van der Waals surface area contributed by atoms with Crippen LogP contribution in [0.5, 0.6) is 0 Å². The Kier molecular flexibility index (Phi) is 65.3. The first kappa shape index (κ1) is 134. The van der Waals surface area contributed by atoms with Gasteiger partial charge in [-0.15, -0.1) is 0 Å². The third kappa shape index (κ3) is 63.8. The van der Waals surface area contributed by atoms with E-state index in [1.54, 1.807) is 111 Å². The highest BCUT2D eigenvalue weighted by Gasteiger charge is 2.44. The molecular formula is C63H142O55P14. The second kappa shape index (κ2) is 64.5. The minimum absolute atomic E-state index is 0.159. The summed E-state index contributed by atoms with van der Waals surface area (Å²) >= 11 is 0. The van der Waals surface area contributed by atoms with Crippen LogP contribution in [0.4, 0.5) is 0 Å². The van der Waals surface area contributed by atoms with Gasteiger partial charge < -0.3 is 73.0 Å². The van der Waals surface area contributed by atoms with E-state index < -0.39 is 299 Å². The third-order valence-corrected chi connectivity index (χ3v) is 32.9. The first-order chi connectivity index (χ1) is 60.8. The van der Waals surface area contributed by atoms with E-state index in [1.807, 2.05) is 0 Å². The summed E-state index contributed by atoms with van der Waals surface area (Å²) < 4.78 is 325. The molecule has 0 aliphatic carbocycles. The van der Waals surface area contributed by atoms with E-state index in [0.717, 1.165) is 6.92 Å². The van der Waals surface area contributed by atoms with Crippen LogP contribution in [-0.2, 0) is 186 Å². The first-order valence-electron chi connectivity index (χ1n) is 42.3. The van der Waals surface area contributed by atoms with Crippen molar-refractivity contribution >= 4 is 109 Å². The maximum absolute atomic E-state index is 14.0. The maximum Gasteiger partial charge on any atom is 0.472 e. The smallest absolute Gasteiger partial charge is 0.324 e. The minimum atomic E-state index is -5.94. The van der Waals surface area contributed by atoms with Crippen LogP contribution in [0.3, 0.4) is 0 Å². The number of hydrogen-bond acceptors (Lipinski definition) is 41. The van der Waals surface area contributed by atoms with Crippen molar-refractivity contribution in [3.05, 3.63) is 0 Å². The van der Waals surface area contributed by atoms with Crippen molar-refractivity contribution in [2.45, 2.75) is 300 Å². The molecule has 0 rings (SSSR count). The average molecular weight is 2210 g/mol. The zero-order valence-corrected chi connectivity index (χ0v) is 89.4. The molecule has 0 aliphatic rings. The Hall–Kier alpha value is 1.58. The van der Waals surface area contributed by atoms with Crippen molar-refractivity contribution in [3.63, 3.8) is 0 Å². The van der Waals surface area contributed by atoms with Gasteiger partial charge in [-0.1, -0.05) is 131 Å². The van der Waals surface area contributed by atoms with Gasteiger partial charge in [0.1, 0.15) is 36.6 Å². The van der Waals surface area contributed by atoms with E-state index in [-0.39, 0.29) is 89.9 Å². The van der Waals surface area contributed by atoms with Crippen molar-refractivity contribution in [1.82, 2.24) is 0 Å². The molecule has 0 amide bonds. The number of hydrogen-bond donors (Lipinski definition) is 14. The molecule has 0 aliphatic heterocycles. The lowest BCUT2D eigenvalue weighted by Crippen LogP contribution is -2.29. The Morgan fingerprint density at radius 2 is 0.265 bits per heavy atom. The average Bonchev–Trinajstić information content (AvgIpc) is 0.847. The Morgan fingerprint density at radius 3 is 0.379 bits per heavy atom. The molecular weight excluding hydrogens is 2070 g/mol. The fourth-order valence-electron chi connectivity index (χ4n) is 10.1. The summed E-state index contributed by atoms with van der Waals surface area (Å²) in [5.41, 5.74) is 0. The Labute approximate surface area is 770 Å². The van der Waals surface area contributed by atoms with Crippen molar-refractivity contribution in [1.29, 1.82) is 0 Å². The minimum Gasteiger partial charge on any atom is -0.324 e. The predicted octanol–water partition coefficient (Wildman–Crippen LogP) is 15.5. The Bertz CT molecular complexity index is 3310. The van der Waals surface area contributed by atoms with Gasteiger partial charge in [0.25, 0.3) is 0 Å². The molecule has 794 valence electrons. The van der Waals surface area contributed by atoms with Crippen LogP contribution in [0.25, 0.3) is 0 Å². The molecule has 0 radical (unpaired) electrons. The first-order valence-corrected chi connectivity index (χ1v) is 63.5. The van der Waals surface area contributed by atoms with Gasteiger partial charge in [-0.05, 0) is 95.8 Å². The van der Waals surface area contributed by atoms with Crippen LogP contribution < -0.4 is 0 Å². The highest BCUT2D eigenvalue weighted by atomic mass is 31.2. The quantitative estimate of drug-likeness (QED) is 0.0252. The highest BCUT2D eigenvalue weighted by molar-refractivity contribution is 7.53. The molecule has 0 fully saturated rings. The predicted molar refractivity (Wildman–Crippen MR) is 466 cm³/mol. The highest BCUT2D eigenvalue weighted by Crippen LogP contribution is 2.59. The number of rotatable bonds is 86. The monoisotopic (exact) mass is 2210 g/mol. The molecule has 0 heterocycles. The SMILES string of the molecule is CCC(CC)CP(=O)(O)OCC(COP(=O)(O)OC(CC)CC)OP(=O)(O)OCC(COP(=O)(O)OC(COP(=O)(O)OC(CC)CC)COP(=O)(O)OC(CC)CC)OP(=O)(O)OCC(C)COP(=O)(O)OC(COP(=O)(O)OC(COP(=O)(O)OC(CC)CC)COP(=O)(O)OC(CC)CC)COP(=O)(O)OC(COP(=O)(O)OC(CC)CC)COP(=O)(O)OC(CC)CC. The molecule has 0 saturated carbocycles. The van der Waals surface area contributed by atoms with Gasteiger partial charge >= 0.3 is 109 Å². The zero-order valence-electron chi connectivity index (χ0n) is 76.8. The fraction of sp³-hybridized carbons (Fsp3) is 1.00. The molecule has 132 heavy (non-hydrogen) atoms. The van der Waals surface area contributed by atoms with Gasteiger partial charge in [0.2, 0.25) is 0 Å². The van der Waals surface area contributed by atoms with E-state index in [1.165, 1.54) is 0 Å². The largest absolute Gasteiger partial charge is 0.472 e. The summed E-state index contributed by atoms with van der Waals surface area (Å²) in [5, 5.41) is 0. The van der Waals surface area contributed by atoms with Gasteiger partial charge in [-0.2, -0.15) is 0 Å². The summed E-state index contributed by atoms with van der Waals surface area (Å²) in [6, 6.07) is 0. The molecule has 17 atom stereocenters. The molecule has 0 bridgehead atoms. The van der Waals surface area contributed by atoms with Crippen LogP contribution in [0.2, 0.25) is 0 Å². The molecule has 0 aromatic heterocycles. The van der Waals surface area contributed by atoms with E-state index in [4.69, 9.17) is 122 Å². The summed E-state index contributed by atoms with van der Waals surface area (Å²) in [4.78, 5) is 152. The van der Waals surface area contributed by atoms with E-state index in [2.05, 4.69) is 0 Å². The van der Waals surface area contributed by atoms with E-state index >= 15 is 0 Å². The van der Waals surface area contributed by atoms with Gasteiger partial charge in [0.05, 0.1) is 141 Å². The van der Waals surface area contributed by atoms with Gasteiger partial charge in [-0.3, -0.25) is 122 Å². The summed E-state index contributed by atoms with van der Waals surface area (Å²) in [7, 11) is -76.2. The Morgan fingerprint density at radius 1 is 0.159 bits per heavy atom. The van der Waals surface area contributed by atoms with Crippen molar-refractivity contribution in [2.75, 3.05) is 98.7 Å². The molecule has 69 heteroatoms. The van der Waals surface area contributed by atoms with Crippen LogP contribution in [0.1, 0.15) is 220 Å². The lowest BCUT2D eigenvalue weighted by atomic mass is 10.1. The maximum atomic E-state index is 14.0. The summed E-state index contributed by atoms with van der Waals surface area (Å²) in [6.07, 6.45) is -17.7. The van der Waals surface area contributed by atoms with Crippen LogP contribution in [0, 0.1) is 11.8 Å². The standard InChI is InChI=1S/C63H142O55P14/c1-18-50(19-2)48-119(64,65)92-36-58(37-95-122(70,71)106-51(20-3)21-4)113-129(84,85)102-44-59(45-103-130(86,87)116-61(38-96-123(72,73)107-52(22-5)23-6)39-97-124(74,75)108-53(24-7)25-8)114-120(66,67)93-34-49(17)35-94-121(68,69)115-60(46-104-131(88,89)117-62(40-98-125(76,77)109-54(26-9)27-10)41-99-126(78,79)110-55(28-11)29-12)47-105-132(90,91)118-63(42-100-127(80,81)111-56(30-13)31-14)43-101-128(82,83)112-57(32-15)33-16/h49-63H,18-48H2,1-17H3,(H,64,65)(H,66,67)(H,68,69)(H,70,71)(H,72,73)(H,74,75)(H,76,77)(H,78,79)(H,80,81)(H,82,83)(H,84,85)(H,86,87)(H,88,89)(H,90,91). The van der Waals surface area contributed by atoms with Gasteiger partial charge in [0.15, 0.2) is 0 Å². The Balaban J connectivity index is 8.07. The van der Waals surface area contributed by atoms with Crippen molar-refractivity contribution < 1.29 is 255 Å². The van der Waals surface area contributed by atoms with Crippen LogP contribution in [-0.4, -0.2) is 247 Å². The van der Waals surface area contributed by atoms with Gasteiger partial charge in [-0.25, -0.2) is 59.3 Å². The van der Waals surface area contributed by atoms with Gasteiger partial charge in [0, 0.05) is 5.92 Å². The summed E-state index contributed by atoms with van der Waals surface area (Å²) in [5.74, 6) is -1.93. The molecule has 0 aromatic carbocycles. The van der Waals surface area contributed by atoms with Crippen LogP contribution >= 0.6 is 109 Å². The topological polar surface area (TPSA) is 771 Å². The van der Waals surface area contributed by atoms with Crippen molar-refractivity contribution in [3.8, 4) is 0 Å². The molecule has 0 saturated heterocycles.